The highest BCUT2D eigenvalue weighted by molar-refractivity contribution is 5.85. The number of amides is 1. The standard InChI is InChI=1S/C22H27FN2O3/c1-13-22(5,16-11-14(23)7-9-18(16)24-13)17-12-15(8-10-19(17)27-6)25-20(26)28-21(2,3)4/h7-13,24H,1-6H3,(H,25,26)/t13-,22+/m1/s1. The Bertz CT molecular complexity index is 907. The van der Waals surface area contributed by atoms with Gasteiger partial charge in [-0.1, -0.05) is 0 Å². The van der Waals surface area contributed by atoms with Gasteiger partial charge in [-0.05, 0) is 76.6 Å². The van der Waals surface area contributed by atoms with Gasteiger partial charge in [-0.3, -0.25) is 5.32 Å². The van der Waals surface area contributed by atoms with Crippen molar-refractivity contribution in [1.29, 1.82) is 0 Å². The number of hydrogen-bond acceptors (Lipinski definition) is 4. The van der Waals surface area contributed by atoms with Crippen LogP contribution in [0.4, 0.5) is 20.6 Å². The van der Waals surface area contributed by atoms with Gasteiger partial charge in [-0.2, -0.15) is 0 Å². The van der Waals surface area contributed by atoms with Gasteiger partial charge in [0.1, 0.15) is 17.2 Å². The SMILES string of the molecule is COc1ccc(NC(=O)OC(C)(C)C)cc1[C@]1(C)c2cc(F)ccc2N[C@@H]1C. The fraction of sp³-hybridized carbons (Fsp3) is 0.409. The van der Waals surface area contributed by atoms with Crippen molar-refractivity contribution in [2.24, 2.45) is 0 Å². The smallest absolute Gasteiger partial charge is 0.412 e. The van der Waals surface area contributed by atoms with Crippen LogP contribution < -0.4 is 15.4 Å². The van der Waals surface area contributed by atoms with E-state index >= 15 is 0 Å². The lowest BCUT2D eigenvalue weighted by molar-refractivity contribution is 0.0636. The quantitative estimate of drug-likeness (QED) is 0.751. The number of rotatable bonds is 3. The summed E-state index contributed by atoms with van der Waals surface area (Å²) in [5, 5.41) is 6.19. The molecule has 28 heavy (non-hydrogen) atoms. The Morgan fingerprint density at radius 2 is 1.89 bits per heavy atom. The second-order valence-corrected chi connectivity index (χ2v) is 8.30. The van der Waals surface area contributed by atoms with Crippen LogP contribution in [-0.2, 0) is 10.2 Å². The normalized spacial score (nSPS) is 20.9. The zero-order valence-corrected chi connectivity index (χ0v) is 17.1. The molecule has 0 saturated heterocycles. The molecule has 150 valence electrons. The van der Waals surface area contributed by atoms with Crippen LogP contribution in [0, 0.1) is 5.82 Å². The predicted octanol–water partition coefficient (Wildman–Crippen LogP) is 5.30. The maximum absolute atomic E-state index is 14.0. The van der Waals surface area contributed by atoms with Crippen LogP contribution in [0.3, 0.4) is 0 Å². The fourth-order valence-corrected chi connectivity index (χ4v) is 3.67. The first-order valence-electron chi connectivity index (χ1n) is 9.29. The van der Waals surface area contributed by atoms with Crippen molar-refractivity contribution in [1.82, 2.24) is 0 Å². The molecule has 3 rings (SSSR count). The highest BCUT2D eigenvalue weighted by Crippen LogP contribution is 2.49. The third-order valence-corrected chi connectivity index (χ3v) is 5.18. The van der Waals surface area contributed by atoms with Gasteiger partial charge in [0.2, 0.25) is 0 Å². The van der Waals surface area contributed by atoms with Crippen molar-refractivity contribution in [3.63, 3.8) is 0 Å². The average Bonchev–Trinajstić information content (AvgIpc) is 2.85. The lowest BCUT2D eigenvalue weighted by Gasteiger charge is -2.32. The molecule has 1 aliphatic rings. The Morgan fingerprint density at radius 3 is 2.54 bits per heavy atom. The van der Waals surface area contributed by atoms with E-state index in [1.54, 1.807) is 31.4 Å². The van der Waals surface area contributed by atoms with Crippen LogP contribution in [0.2, 0.25) is 0 Å². The van der Waals surface area contributed by atoms with Crippen molar-refractivity contribution in [2.45, 2.75) is 51.7 Å². The van der Waals surface area contributed by atoms with Crippen LogP contribution in [0.25, 0.3) is 0 Å². The highest BCUT2D eigenvalue weighted by atomic mass is 19.1. The van der Waals surface area contributed by atoms with E-state index in [0.717, 1.165) is 16.8 Å². The molecule has 1 amide bonds. The molecule has 1 aliphatic heterocycles. The summed E-state index contributed by atoms with van der Waals surface area (Å²) in [6.45, 7) is 9.52. The predicted molar refractivity (Wildman–Crippen MR) is 109 cm³/mol. The van der Waals surface area contributed by atoms with Crippen molar-refractivity contribution in [3.8, 4) is 5.75 Å². The van der Waals surface area contributed by atoms with E-state index in [2.05, 4.69) is 10.6 Å². The zero-order valence-electron chi connectivity index (χ0n) is 17.1. The van der Waals surface area contributed by atoms with Crippen molar-refractivity contribution < 1.29 is 18.7 Å². The summed E-state index contributed by atoms with van der Waals surface area (Å²) in [6.07, 6.45) is -0.530. The third kappa shape index (κ3) is 3.63. The number of fused-ring (bicyclic) bond motifs is 1. The molecule has 2 aromatic rings. The minimum absolute atomic E-state index is 0.00465. The number of ether oxygens (including phenoxy) is 2. The first kappa shape index (κ1) is 20.0. The van der Waals surface area contributed by atoms with E-state index < -0.39 is 17.1 Å². The molecule has 2 N–H and O–H groups in total. The molecule has 0 bridgehead atoms. The Morgan fingerprint density at radius 1 is 1.18 bits per heavy atom. The van der Waals surface area contributed by atoms with E-state index in [-0.39, 0.29) is 11.9 Å². The lowest BCUT2D eigenvalue weighted by Crippen LogP contribution is -2.35. The third-order valence-electron chi connectivity index (χ3n) is 5.18. The van der Waals surface area contributed by atoms with Crippen LogP contribution in [0.15, 0.2) is 36.4 Å². The summed E-state index contributed by atoms with van der Waals surface area (Å²) in [7, 11) is 1.60. The van der Waals surface area contributed by atoms with Crippen molar-refractivity contribution in [3.05, 3.63) is 53.3 Å². The average molecular weight is 386 g/mol. The number of halogens is 1. The number of anilines is 2. The molecule has 0 spiro atoms. The summed E-state index contributed by atoms with van der Waals surface area (Å²) < 4.78 is 24.9. The minimum Gasteiger partial charge on any atom is -0.496 e. The Balaban J connectivity index is 2.04. The number of benzene rings is 2. The number of hydrogen-bond donors (Lipinski definition) is 2. The summed E-state index contributed by atoms with van der Waals surface area (Å²) in [6, 6.07) is 10.2. The minimum atomic E-state index is -0.592. The van der Waals surface area contributed by atoms with Gasteiger partial charge >= 0.3 is 6.09 Å². The van der Waals surface area contributed by atoms with E-state index in [4.69, 9.17) is 9.47 Å². The number of carbonyl (C=O) groups excluding carboxylic acids is 1. The largest absolute Gasteiger partial charge is 0.496 e. The maximum Gasteiger partial charge on any atom is 0.412 e. The molecule has 0 aliphatic carbocycles. The highest BCUT2D eigenvalue weighted by Gasteiger charge is 2.44. The first-order valence-corrected chi connectivity index (χ1v) is 9.29. The van der Waals surface area contributed by atoms with Gasteiger partial charge in [-0.15, -0.1) is 0 Å². The lowest BCUT2D eigenvalue weighted by atomic mass is 9.73. The van der Waals surface area contributed by atoms with Gasteiger partial charge in [0.25, 0.3) is 0 Å². The molecule has 5 nitrogen and oxygen atoms in total. The summed E-state index contributed by atoms with van der Waals surface area (Å²) in [4.78, 5) is 12.2. The zero-order chi connectivity index (χ0) is 20.7. The van der Waals surface area contributed by atoms with E-state index in [1.807, 2.05) is 40.7 Å². The van der Waals surface area contributed by atoms with Gasteiger partial charge < -0.3 is 14.8 Å². The topological polar surface area (TPSA) is 59.6 Å². The molecule has 0 radical (unpaired) electrons. The first-order chi connectivity index (χ1) is 13.0. The molecule has 6 heteroatoms. The molecular formula is C22H27FN2O3. The molecule has 0 fully saturated rings. The second kappa shape index (κ2) is 7.00. The molecule has 0 aromatic heterocycles. The maximum atomic E-state index is 14.0. The van der Waals surface area contributed by atoms with Crippen LogP contribution in [-0.4, -0.2) is 24.8 Å². The number of nitrogens with one attached hydrogen (secondary N) is 2. The van der Waals surface area contributed by atoms with E-state index in [1.165, 1.54) is 6.07 Å². The summed E-state index contributed by atoms with van der Waals surface area (Å²) in [5.74, 6) is 0.380. The van der Waals surface area contributed by atoms with Gasteiger partial charge in [0.05, 0.1) is 7.11 Å². The second-order valence-electron chi connectivity index (χ2n) is 8.30. The Labute approximate surface area is 165 Å². The fourth-order valence-electron chi connectivity index (χ4n) is 3.67. The molecular weight excluding hydrogens is 359 g/mol. The number of methoxy groups -OCH3 is 1. The van der Waals surface area contributed by atoms with Crippen molar-refractivity contribution in [2.75, 3.05) is 17.7 Å². The molecule has 0 saturated carbocycles. The summed E-state index contributed by atoms with van der Waals surface area (Å²) in [5.41, 5.74) is 2.05. The molecule has 0 unspecified atom stereocenters. The van der Waals surface area contributed by atoms with Crippen LogP contribution in [0.5, 0.6) is 5.75 Å². The Hall–Kier alpha value is -2.76. The van der Waals surface area contributed by atoms with Gasteiger partial charge in [0.15, 0.2) is 0 Å². The molecule has 1 heterocycles. The molecule has 2 atom stereocenters. The van der Waals surface area contributed by atoms with Crippen molar-refractivity contribution >= 4 is 17.5 Å². The van der Waals surface area contributed by atoms with Crippen LogP contribution in [0.1, 0.15) is 45.7 Å². The summed E-state index contributed by atoms with van der Waals surface area (Å²) >= 11 is 0. The van der Waals surface area contributed by atoms with E-state index in [9.17, 15) is 9.18 Å². The Kier molecular flexibility index (Phi) is 5.00. The molecule has 2 aromatic carbocycles. The van der Waals surface area contributed by atoms with Gasteiger partial charge in [0, 0.05) is 28.4 Å². The van der Waals surface area contributed by atoms with Crippen LogP contribution >= 0.6 is 0 Å². The number of carbonyl (C=O) groups is 1. The van der Waals surface area contributed by atoms with Gasteiger partial charge in [-0.25, -0.2) is 9.18 Å². The monoisotopic (exact) mass is 386 g/mol. The van der Waals surface area contributed by atoms with E-state index in [0.29, 0.717) is 11.4 Å².